The summed E-state index contributed by atoms with van der Waals surface area (Å²) in [5, 5.41) is 3.01. The standard InChI is InChI=1S/C22H25NO5/c1-14(28-22(25)20-18(26-2)12-7-13-19(20)27-3)21(24)23-17-11-6-9-15-8-4-5-10-16(15)17/h4-5,7-8,10,12-14,17H,6,9,11H2,1-3H3,(H,23,24)/t14-,17+/m1/s1. The van der Waals surface area contributed by atoms with Crippen molar-refractivity contribution in [2.24, 2.45) is 0 Å². The number of aryl methyl sites for hydroxylation is 1. The van der Waals surface area contributed by atoms with Gasteiger partial charge in [0.2, 0.25) is 0 Å². The number of ether oxygens (including phenoxy) is 3. The van der Waals surface area contributed by atoms with Gasteiger partial charge in [-0.2, -0.15) is 0 Å². The first-order valence-corrected chi connectivity index (χ1v) is 9.35. The average molecular weight is 383 g/mol. The third-order valence-electron chi connectivity index (χ3n) is 4.97. The molecule has 0 saturated heterocycles. The third-order valence-corrected chi connectivity index (χ3v) is 4.97. The minimum Gasteiger partial charge on any atom is -0.496 e. The summed E-state index contributed by atoms with van der Waals surface area (Å²) in [6.07, 6.45) is 1.94. The van der Waals surface area contributed by atoms with Crippen LogP contribution < -0.4 is 14.8 Å². The first kappa shape index (κ1) is 19.7. The molecule has 1 amide bonds. The summed E-state index contributed by atoms with van der Waals surface area (Å²) in [6.45, 7) is 1.56. The Kier molecular flexibility index (Phi) is 6.19. The second-order valence-electron chi connectivity index (χ2n) is 6.74. The van der Waals surface area contributed by atoms with Crippen LogP contribution in [0.1, 0.15) is 47.3 Å². The third kappa shape index (κ3) is 4.11. The Labute approximate surface area is 164 Å². The number of rotatable bonds is 6. The summed E-state index contributed by atoms with van der Waals surface area (Å²) in [4.78, 5) is 25.3. The van der Waals surface area contributed by atoms with E-state index in [9.17, 15) is 9.59 Å². The number of fused-ring (bicyclic) bond motifs is 1. The minimum absolute atomic E-state index is 0.0700. The van der Waals surface area contributed by atoms with Crippen molar-refractivity contribution in [2.75, 3.05) is 14.2 Å². The van der Waals surface area contributed by atoms with E-state index in [-0.39, 0.29) is 17.5 Å². The topological polar surface area (TPSA) is 73.9 Å². The van der Waals surface area contributed by atoms with Gasteiger partial charge in [-0.05, 0) is 49.4 Å². The van der Waals surface area contributed by atoms with Gasteiger partial charge in [0.25, 0.3) is 5.91 Å². The van der Waals surface area contributed by atoms with Gasteiger partial charge in [0.1, 0.15) is 17.1 Å². The van der Waals surface area contributed by atoms with Crippen LogP contribution >= 0.6 is 0 Å². The summed E-state index contributed by atoms with van der Waals surface area (Å²) in [7, 11) is 2.92. The van der Waals surface area contributed by atoms with Gasteiger partial charge in [0.15, 0.2) is 6.10 Å². The van der Waals surface area contributed by atoms with Crippen LogP contribution in [0.4, 0.5) is 0 Å². The van der Waals surface area contributed by atoms with Crippen molar-refractivity contribution < 1.29 is 23.8 Å². The maximum absolute atomic E-state index is 12.6. The molecule has 0 aliphatic heterocycles. The number of esters is 1. The number of hydrogen-bond acceptors (Lipinski definition) is 5. The molecule has 148 valence electrons. The van der Waals surface area contributed by atoms with Crippen molar-refractivity contribution in [3.63, 3.8) is 0 Å². The van der Waals surface area contributed by atoms with E-state index in [1.165, 1.54) is 19.8 Å². The summed E-state index contributed by atoms with van der Waals surface area (Å²) >= 11 is 0. The molecule has 6 nitrogen and oxygen atoms in total. The van der Waals surface area contributed by atoms with Crippen molar-refractivity contribution in [3.8, 4) is 11.5 Å². The van der Waals surface area contributed by atoms with Gasteiger partial charge in [-0.15, -0.1) is 0 Å². The maximum atomic E-state index is 12.6. The first-order chi connectivity index (χ1) is 13.5. The van der Waals surface area contributed by atoms with Crippen molar-refractivity contribution in [1.29, 1.82) is 0 Å². The van der Waals surface area contributed by atoms with Gasteiger partial charge in [0.05, 0.1) is 20.3 Å². The monoisotopic (exact) mass is 383 g/mol. The fraction of sp³-hybridized carbons (Fsp3) is 0.364. The van der Waals surface area contributed by atoms with Gasteiger partial charge in [-0.1, -0.05) is 30.3 Å². The Morgan fingerprint density at radius 2 is 1.71 bits per heavy atom. The van der Waals surface area contributed by atoms with E-state index < -0.39 is 12.1 Å². The average Bonchev–Trinajstić information content (AvgIpc) is 2.73. The Hall–Kier alpha value is -3.02. The largest absolute Gasteiger partial charge is 0.496 e. The molecular formula is C22H25NO5. The molecule has 0 unspecified atom stereocenters. The van der Waals surface area contributed by atoms with Crippen LogP contribution in [0.2, 0.25) is 0 Å². The quantitative estimate of drug-likeness (QED) is 0.774. The number of carbonyl (C=O) groups excluding carboxylic acids is 2. The molecule has 2 aromatic carbocycles. The molecule has 1 N–H and O–H groups in total. The second kappa shape index (κ2) is 8.78. The van der Waals surface area contributed by atoms with Crippen molar-refractivity contribution in [2.45, 2.75) is 38.3 Å². The number of carbonyl (C=O) groups is 2. The molecule has 1 aliphatic rings. The molecule has 0 heterocycles. The highest BCUT2D eigenvalue weighted by atomic mass is 16.6. The molecule has 0 aromatic heterocycles. The fourth-order valence-corrected chi connectivity index (χ4v) is 3.52. The van der Waals surface area contributed by atoms with Gasteiger partial charge >= 0.3 is 5.97 Å². The Balaban J connectivity index is 1.70. The van der Waals surface area contributed by atoms with E-state index in [1.807, 2.05) is 18.2 Å². The van der Waals surface area contributed by atoms with Gasteiger partial charge < -0.3 is 19.5 Å². The lowest BCUT2D eigenvalue weighted by atomic mass is 9.87. The number of nitrogens with one attached hydrogen (secondary N) is 1. The van der Waals surface area contributed by atoms with Gasteiger partial charge in [-0.3, -0.25) is 4.79 Å². The van der Waals surface area contributed by atoms with Crippen molar-refractivity contribution in [1.82, 2.24) is 5.32 Å². The predicted octanol–water partition coefficient (Wildman–Crippen LogP) is 3.44. The molecule has 6 heteroatoms. The normalized spacial score (nSPS) is 16.5. The van der Waals surface area contributed by atoms with Crippen LogP contribution in [0.3, 0.4) is 0 Å². The number of amides is 1. The lowest BCUT2D eigenvalue weighted by Gasteiger charge is -2.27. The zero-order valence-corrected chi connectivity index (χ0v) is 16.4. The highest BCUT2D eigenvalue weighted by Gasteiger charge is 2.27. The van der Waals surface area contributed by atoms with Crippen LogP contribution in [0.25, 0.3) is 0 Å². The van der Waals surface area contributed by atoms with Gasteiger partial charge in [-0.25, -0.2) is 4.79 Å². The van der Waals surface area contributed by atoms with E-state index in [0.717, 1.165) is 24.8 Å². The molecular weight excluding hydrogens is 358 g/mol. The fourth-order valence-electron chi connectivity index (χ4n) is 3.52. The molecule has 0 radical (unpaired) electrons. The van der Waals surface area contributed by atoms with Crippen LogP contribution in [-0.4, -0.2) is 32.2 Å². The molecule has 0 spiro atoms. The van der Waals surface area contributed by atoms with Crippen LogP contribution in [0.15, 0.2) is 42.5 Å². The molecule has 0 bridgehead atoms. The predicted molar refractivity (Wildman–Crippen MR) is 105 cm³/mol. The van der Waals surface area contributed by atoms with E-state index in [4.69, 9.17) is 14.2 Å². The van der Waals surface area contributed by atoms with E-state index in [1.54, 1.807) is 25.1 Å². The molecule has 0 saturated carbocycles. The van der Waals surface area contributed by atoms with E-state index in [2.05, 4.69) is 11.4 Å². The first-order valence-electron chi connectivity index (χ1n) is 9.35. The minimum atomic E-state index is -0.948. The zero-order chi connectivity index (χ0) is 20.1. The van der Waals surface area contributed by atoms with Crippen LogP contribution in [-0.2, 0) is 16.0 Å². The highest BCUT2D eigenvalue weighted by molar-refractivity contribution is 5.97. The lowest BCUT2D eigenvalue weighted by Crippen LogP contribution is -2.39. The number of hydrogen-bond donors (Lipinski definition) is 1. The van der Waals surface area contributed by atoms with Crippen LogP contribution in [0.5, 0.6) is 11.5 Å². The number of methoxy groups -OCH3 is 2. The second-order valence-corrected chi connectivity index (χ2v) is 6.74. The molecule has 1 aliphatic carbocycles. The Morgan fingerprint density at radius 1 is 1.04 bits per heavy atom. The SMILES string of the molecule is COc1cccc(OC)c1C(=O)O[C@H](C)C(=O)N[C@H]1CCCc2ccccc21. The van der Waals surface area contributed by atoms with Crippen molar-refractivity contribution in [3.05, 3.63) is 59.2 Å². The summed E-state index contributed by atoms with van der Waals surface area (Å²) in [5.41, 5.74) is 2.55. The van der Waals surface area contributed by atoms with Crippen molar-refractivity contribution >= 4 is 11.9 Å². The van der Waals surface area contributed by atoms with Crippen LogP contribution in [0, 0.1) is 0 Å². The number of benzene rings is 2. The lowest BCUT2D eigenvalue weighted by molar-refractivity contribution is -0.130. The smallest absolute Gasteiger partial charge is 0.346 e. The maximum Gasteiger partial charge on any atom is 0.346 e. The Morgan fingerprint density at radius 3 is 2.39 bits per heavy atom. The molecule has 28 heavy (non-hydrogen) atoms. The summed E-state index contributed by atoms with van der Waals surface area (Å²) < 4.78 is 15.9. The molecule has 2 atom stereocenters. The van der Waals surface area contributed by atoms with Gasteiger partial charge in [0, 0.05) is 0 Å². The molecule has 3 rings (SSSR count). The zero-order valence-electron chi connectivity index (χ0n) is 16.4. The summed E-state index contributed by atoms with van der Waals surface area (Å²) in [5.74, 6) is -0.332. The Bertz CT molecular complexity index is 842. The van der Waals surface area contributed by atoms with E-state index in [0.29, 0.717) is 11.5 Å². The molecule has 2 aromatic rings. The molecule has 0 fully saturated rings. The highest BCUT2D eigenvalue weighted by Crippen LogP contribution is 2.31. The van der Waals surface area contributed by atoms with E-state index >= 15 is 0 Å². The summed E-state index contributed by atoms with van der Waals surface area (Å²) in [6, 6.07) is 13.0.